The van der Waals surface area contributed by atoms with Gasteiger partial charge in [0.1, 0.15) is 17.0 Å². The second-order valence-corrected chi connectivity index (χ2v) is 4.30. The van der Waals surface area contributed by atoms with Crippen molar-refractivity contribution in [2.24, 2.45) is 0 Å². The molecule has 0 aliphatic heterocycles. The van der Waals surface area contributed by atoms with Gasteiger partial charge in [-0.15, -0.1) is 0 Å². The highest BCUT2D eigenvalue weighted by molar-refractivity contribution is 5.76. The molecule has 1 aromatic heterocycles. The van der Waals surface area contributed by atoms with Crippen LogP contribution < -0.4 is 15.2 Å². The molecule has 0 aliphatic carbocycles. The summed E-state index contributed by atoms with van der Waals surface area (Å²) < 4.78 is 16.3. The number of ether oxygens (including phenoxy) is 2. The lowest BCUT2D eigenvalue weighted by atomic mass is 10.3. The minimum Gasteiger partial charge on any atom is -0.497 e. The number of benzene rings is 2. The Bertz CT molecular complexity index is 737. The van der Waals surface area contributed by atoms with Gasteiger partial charge in [0, 0.05) is 11.8 Å². The van der Waals surface area contributed by atoms with Gasteiger partial charge in [0.25, 0.3) is 0 Å². The van der Waals surface area contributed by atoms with Gasteiger partial charge in [0.05, 0.1) is 7.11 Å². The molecule has 20 heavy (non-hydrogen) atoms. The molecule has 0 atom stereocenters. The van der Waals surface area contributed by atoms with Crippen molar-refractivity contribution in [3.8, 4) is 11.5 Å². The molecule has 0 radical (unpaired) electrons. The van der Waals surface area contributed by atoms with E-state index in [-0.39, 0.29) is 6.61 Å². The van der Waals surface area contributed by atoms with Crippen LogP contribution >= 0.6 is 0 Å². The van der Waals surface area contributed by atoms with E-state index in [2.05, 4.69) is 4.98 Å². The first-order valence-corrected chi connectivity index (χ1v) is 6.16. The first-order chi connectivity index (χ1) is 9.74. The van der Waals surface area contributed by atoms with Gasteiger partial charge in [0.2, 0.25) is 5.89 Å². The van der Waals surface area contributed by atoms with E-state index in [0.29, 0.717) is 22.9 Å². The molecule has 0 bridgehead atoms. The van der Waals surface area contributed by atoms with Crippen LogP contribution in [0.1, 0.15) is 5.89 Å². The summed E-state index contributed by atoms with van der Waals surface area (Å²) in [4.78, 5) is 4.33. The molecule has 0 spiro atoms. The number of fused-ring (bicyclic) bond motifs is 1. The zero-order valence-corrected chi connectivity index (χ0v) is 11.0. The number of nitrogens with zero attached hydrogens (tertiary/aromatic N) is 1. The largest absolute Gasteiger partial charge is 0.497 e. The van der Waals surface area contributed by atoms with Crippen LogP contribution in [0.25, 0.3) is 11.1 Å². The summed E-state index contributed by atoms with van der Waals surface area (Å²) >= 11 is 0. The molecule has 5 nitrogen and oxygen atoms in total. The van der Waals surface area contributed by atoms with E-state index < -0.39 is 0 Å². The van der Waals surface area contributed by atoms with E-state index in [0.717, 1.165) is 11.3 Å². The fraction of sp³-hybridized carbons (Fsp3) is 0.133. The second-order valence-electron chi connectivity index (χ2n) is 4.30. The van der Waals surface area contributed by atoms with E-state index in [9.17, 15) is 0 Å². The molecule has 5 heteroatoms. The quantitative estimate of drug-likeness (QED) is 0.738. The standard InChI is InChI=1S/C15H14N2O3/c1-18-11-3-2-4-12(8-11)19-9-15-17-13-7-10(16)5-6-14(13)20-15/h2-8H,9,16H2,1H3. The monoisotopic (exact) mass is 270 g/mol. The highest BCUT2D eigenvalue weighted by Crippen LogP contribution is 2.22. The molecular formula is C15H14N2O3. The van der Waals surface area contributed by atoms with Gasteiger partial charge in [-0.1, -0.05) is 6.07 Å². The molecule has 0 saturated heterocycles. The highest BCUT2D eigenvalue weighted by atomic mass is 16.5. The summed E-state index contributed by atoms with van der Waals surface area (Å²) in [6.45, 7) is 0.252. The van der Waals surface area contributed by atoms with E-state index in [1.165, 1.54) is 0 Å². The number of anilines is 1. The van der Waals surface area contributed by atoms with Gasteiger partial charge < -0.3 is 19.6 Å². The van der Waals surface area contributed by atoms with Crippen molar-refractivity contribution in [3.05, 3.63) is 48.4 Å². The van der Waals surface area contributed by atoms with Gasteiger partial charge >= 0.3 is 0 Å². The highest BCUT2D eigenvalue weighted by Gasteiger charge is 2.07. The van der Waals surface area contributed by atoms with Crippen molar-refractivity contribution in [1.82, 2.24) is 4.98 Å². The number of methoxy groups -OCH3 is 1. The van der Waals surface area contributed by atoms with Crippen molar-refractivity contribution in [2.45, 2.75) is 6.61 Å². The maximum Gasteiger partial charge on any atom is 0.233 e. The van der Waals surface area contributed by atoms with E-state index in [1.807, 2.05) is 18.2 Å². The average molecular weight is 270 g/mol. The third kappa shape index (κ3) is 2.51. The summed E-state index contributed by atoms with van der Waals surface area (Å²) in [5.41, 5.74) is 7.79. The van der Waals surface area contributed by atoms with Gasteiger partial charge in [-0.25, -0.2) is 4.98 Å². The predicted octanol–water partition coefficient (Wildman–Crippen LogP) is 3.00. The number of nitrogen functional groups attached to an aromatic ring is 1. The first-order valence-electron chi connectivity index (χ1n) is 6.16. The lowest BCUT2D eigenvalue weighted by Gasteiger charge is -2.05. The number of rotatable bonds is 4. The summed E-state index contributed by atoms with van der Waals surface area (Å²) in [7, 11) is 1.62. The van der Waals surface area contributed by atoms with Crippen molar-refractivity contribution < 1.29 is 13.9 Å². The minimum absolute atomic E-state index is 0.252. The number of aromatic nitrogens is 1. The van der Waals surface area contributed by atoms with Crippen LogP contribution in [-0.2, 0) is 6.61 Å². The summed E-state index contributed by atoms with van der Waals surface area (Å²) in [6.07, 6.45) is 0. The topological polar surface area (TPSA) is 70.5 Å². The summed E-state index contributed by atoms with van der Waals surface area (Å²) in [5.74, 6) is 1.95. The average Bonchev–Trinajstić information content (AvgIpc) is 2.87. The molecule has 1 heterocycles. The Labute approximate surface area is 115 Å². The van der Waals surface area contributed by atoms with Gasteiger partial charge in [-0.05, 0) is 30.3 Å². The molecule has 0 aliphatic rings. The van der Waals surface area contributed by atoms with Crippen LogP contribution in [0.15, 0.2) is 46.9 Å². The molecule has 0 fully saturated rings. The van der Waals surface area contributed by atoms with Crippen LogP contribution in [0.2, 0.25) is 0 Å². The number of hydrogen-bond donors (Lipinski definition) is 1. The maximum absolute atomic E-state index is 5.70. The van der Waals surface area contributed by atoms with E-state index >= 15 is 0 Å². The Kier molecular flexibility index (Phi) is 3.16. The number of oxazole rings is 1. The summed E-state index contributed by atoms with van der Waals surface area (Å²) in [6, 6.07) is 12.7. The number of hydrogen-bond acceptors (Lipinski definition) is 5. The van der Waals surface area contributed by atoms with Gasteiger partial charge in [0.15, 0.2) is 12.2 Å². The van der Waals surface area contributed by atoms with Crippen LogP contribution in [0.4, 0.5) is 5.69 Å². The number of nitrogens with two attached hydrogens (primary N) is 1. The summed E-state index contributed by atoms with van der Waals surface area (Å²) in [5, 5.41) is 0. The smallest absolute Gasteiger partial charge is 0.233 e. The van der Waals surface area contributed by atoms with Crippen molar-refractivity contribution in [2.75, 3.05) is 12.8 Å². The molecule has 0 amide bonds. The Morgan fingerprint density at radius 1 is 1.15 bits per heavy atom. The Balaban J connectivity index is 1.76. The van der Waals surface area contributed by atoms with E-state index in [1.54, 1.807) is 31.4 Å². The van der Waals surface area contributed by atoms with E-state index in [4.69, 9.17) is 19.6 Å². The Morgan fingerprint density at radius 2 is 2.00 bits per heavy atom. The van der Waals surface area contributed by atoms with Crippen molar-refractivity contribution in [3.63, 3.8) is 0 Å². The van der Waals surface area contributed by atoms with Crippen LogP contribution in [0.3, 0.4) is 0 Å². The lowest BCUT2D eigenvalue weighted by molar-refractivity contribution is 0.266. The van der Waals surface area contributed by atoms with Gasteiger partial charge in [-0.3, -0.25) is 0 Å². The first kappa shape index (κ1) is 12.3. The molecular weight excluding hydrogens is 256 g/mol. The SMILES string of the molecule is COc1cccc(OCc2nc3cc(N)ccc3o2)c1. The maximum atomic E-state index is 5.70. The Hall–Kier alpha value is -2.69. The second kappa shape index (κ2) is 5.13. The third-order valence-electron chi connectivity index (χ3n) is 2.86. The van der Waals surface area contributed by atoms with Crippen LogP contribution in [-0.4, -0.2) is 12.1 Å². The molecule has 2 N–H and O–H groups in total. The predicted molar refractivity (Wildman–Crippen MR) is 75.7 cm³/mol. The Morgan fingerprint density at radius 3 is 2.85 bits per heavy atom. The van der Waals surface area contributed by atoms with Crippen molar-refractivity contribution >= 4 is 16.8 Å². The zero-order valence-electron chi connectivity index (χ0n) is 11.0. The molecule has 0 saturated carbocycles. The van der Waals surface area contributed by atoms with Gasteiger partial charge in [-0.2, -0.15) is 0 Å². The molecule has 0 unspecified atom stereocenters. The normalized spacial score (nSPS) is 10.7. The van der Waals surface area contributed by atoms with Crippen LogP contribution in [0.5, 0.6) is 11.5 Å². The molecule has 102 valence electrons. The van der Waals surface area contributed by atoms with Crippen LogP contribution in [0, 0.1) is 0 Å². The molecule has 2 aromatic carbocycles. The van der Waals surface area contributed by atoms with Crippen molar-refractivity contribution in [1.29, 1.82) is 0 Å². The molecule has 3 rings (SSSR count). The fourth-order valence-electron chi connectivity index (χ4n) is 1.89. The molecule has 3 aromatic rings. The minimum atomic E-state index is 0.252. The fourth-order valence-corrected chi connectivity index (χ4v) is 1.89. The zero-order chi connectivity index (χ0) is 13.9. The lowest BCUT2D eigenvalue weighted by Crippen LogP contribution is -1.95. The third-order valence-corrected chi connectivity index (χ3v) is 2.86.